The second-order valence-electron chi connectivity index (χ2n) is 6.11. The van der Waals surface area contributed by atoms with Crippen molar-refractivity contribution in [1.29, 1.82) is 0 Å². The Morgan fingerprint density at radius 3 is 1.62 bits per heavy atom. The largest absolute Gasteiger partial charge is 0.245 e. The van der Waals surface area contributed by atoms with Crippen LogP contribution in [0.5, 0.6) is 0 Å². The molecule has 6 heteroatoms. The van der Waals surface area contributed by atoms with Gasteiger partial charge in [0.15, 0.2) is 0 Å². The highest BCUT2D eigenvalue weighted by Crippen LogP contribution is 2.15. The van der Waals surface area contributed by atoms with E-state index >= 15 is 0 Å². The minimum absolute atomic E-state index is 0.710. The molecule has 0 saturated heterocycles. The highest BCUT2D eigenvalue weighted by molar-refractivity contribution is 5.74. The van der Waals surface area contributed by atoms with E-state index < -0.39 is 0 Å². The molecule has 0 radical (unpaired) electrons. The molecule has 120 valence electrons. The molecule has 0 aliphatic heterocycles. The van der Waals surface area contributed by atoms with Crippen molar-refractivity contribution < 1.29 is 9.13 Å². The number of para-hydroxylation sites is 2. The van der Waals surface area contributed by atoms with Crippen LogP contribution in [0.25, 0.3) is 11.0 Å². The number of benzene rings is 1. The van der Waals surface area contributed by atoms with Crippen LogP contribution in [0.2, 0.25) is 0 Å². The molecular weight excluding hydrogens is 300 g/mol. The van der Waals surface area contributed by atoms with Gasteiger partial charge in [-0.3, -0.25) is 0 Å². The van der Waals surface area contributed by atoms with Crippen molar-refractivity contribution in [3.63, 3.8) is 0 Å². The van der Waals surface area contributed by atoms with Crippen molar-refractivity contribution in [2.24, 2.45) is 14.1 Å². The molecule has 24 heavy (non-hydrogen) atoms. The zero-order valence-electron chi connectivity index (χ0n) is 13.9. The Bertz CT molecular complexity index is 917. The van der Waals surface area contributed by atoms with Gasteiger partial charge in [-0.25, -0.2) is 28.2 Å². The summed E-state index contributed by atoms with van der Waals surface area (Å²) in [5.41, 5.74) is 3.87. The van der Waals surface area contributed by atoms with E-state index in [1.165, 1.54) is 0 Å². The van der Waals surface area contributed by atoms with Crippen molar-refractivity contribution in [2.45, 2.75) is 13.1 Å². The molecule has 1 aromatic carbocycles. The third kappa shape index (κ3) is 2.90. The summed E-state index contributed by atoms with van der Waals surface area (Å²) in [7, 11) is 4.03. The zero-order chi connectivity index (χ0) is 16.5. The maximum atomic E-state index is 4.87. The van der Waals surface area contributed by atoms with Gasteiger partial charge in [-0.2, -0.15) is 0 Å². The van der Waals surface area contributed by atoms with Crippen LogP contribution < -0.4 is 9.13 Å². The number of aromatic nitrogens is 6. The number of hydrogen-bond acceptors (Lipinski definition) is 2. The molecule has 3 aromatic heterocycles. The third-order valence-electron chi connectivity index (χ3n) is 4.04. The Morgan fingerprint density at radius 1 is 0.792 bits per heavy atom. The van der Waals surface area contributed by atoms with Crippen LogP contribution in [0.1, 0.15) is 11.4 Å². The first-order valence-corrected chi connectivity index (χ1v) is 7.94. The van der Waals surface area contributed by atoms with Crippen LogP contribution in [0, 0.1) is 0 Å². The lowest BCUT2D eigenvalue weighted by Gasteiger charge is -2.07. The Kier molecular flexibility index (Phi) is 3.57. The number of rotatable bonds is 4. The van der Waals surface area contributed by atoms with Crippen LogP contribution in [0.3, 0.4) is 0 Å². The summed E-state index contributed by atoms with van der Waals surface area (Å²) in [4.78, 5) is 9.74. The van der Waals surface area contributed by atoms with E-state index in [9.17, 15) is 0 Å². The average molecular weight is 320 g/mol. The maximum absolute atomic E-state index is 4.87. The lowest BCUT2D eigenvalue weighted by molar-refractivity contribution is -0.671. The summed E-state index contributed by atoms with van der Waals surface area (Å²) in [6.07, 6.45) is 12.3. The minimum atomic E-state index is 0.710. The van der Waals surface area contributed by atoms with Crippen LogP contribution in [-0.4, -0.2) is 19.1 Å². The number of hydrogen-bond donors (Lipinski definition) is 0. The predicted molar refractivity (Wildman–Crippen MR) is 89.0 cm³/mol. The molecule has 0 aliphatic carbocycles. The molecule has 4 aromatic rings. The fourth-order valence-electron chi connectivity index (χ4n) is 2.86. The van der Waals surface area contributed by atoms with Crippen molar-refractivity contribution in [3.8, 4) is 0 Å². The Balaban J connectivity index is 1.77. The van der Waals surface area contributed by atoms with Crippen molar-refractivity contribution >= 4 is 11.0 Å². The average Bonchev–Trinajstić information content (AvgIpc) is 3.16. The fourth-order valence-corrected chi connectivity index (χ4v) is 2.86. The molecular formula is C18H20N6+2. The quantitative estimate of drug-likeness (QED) is 0.526. The van der Waals surface area contributed by atoms with Gasteiger partial charge in [0, 0.05) is 0 Å². The second kappa shape index (κ2) is 5.88. The van der Waals surface area contributed by atoms with Gasteiger partial charge in [0.2, 0.25) is 12.7 Å². The number of fused-ring (bicyclic) bond motifs is 1. The molecule has 3 heterocycles. The molecule has 0 saturated carbocycles. The zero-order valence-corrected chi connectivity index (χ0v) is 13.9. The highest BCUT2D eigenvalue weighted by atomic mass is 15.1. The number of nitrogens with zero attached hydrogens (tertiary/aromatic N) is 6. The van der Waals surface area contributed by atoms with E-state index in [1.807, 2.05) is 59.9 Å². The molecule has 0 fully saturated rings. The Labute approximate surface area is 140 Å². The van der Waals surface area contributed by atoms with Crippen molar-refractivity contribution in [1.82, 2.24) is 19.1 Å². The van der Waals surface area contributed by atoms with Crippen LogP contribution in [0.15, 0.2) is 61.7 Å². The topological polar surface area (TPSA) is 43.4 Å². The molecule has 0 aliphatic rings. The SMILES string of the molecule is C[n+]1ccn(Cc2nc3ccccc3nc2Cn2cc[n+](C)c2)c1. The van der Waals surface area contributed by atoms with Gasteiger partial charge in [-0.05, 0) is 12.1 Å². The van der Waals surface area contributed by atoms with E-state index in [0.717, 1.165) is 22.4 Å². The Hall–Kier alpha value is -3.02. The van der Waals surface area contributed by atoms with Crippen LogP contribution in [-0.2, 0) is 27.2 Å². The summed E-state index contributed by atoms with van der Waals surface area (Å²) >= 11 is 0. The normalized spacial score (nSPS) is 11.2. The van der Waals surface area contributed by atoms with Crippen molar-refractivity contribution in [2.75, 3.05) is 0 Å². The van der Waals surface area contributed by atoms with Gasteiger partial charge in [-0.15, -0.1) is 0 Å². The molecule has 0 unspecified atom stereocenters. The first-order valence-electron chi connectivity index (χ1n) is 7.94. The second-order valence-corrected chi connectivity index (χ2v) is 6.11. The molecule has 0 N–H and O–H groups in total. The van der Waals surface area contributed by atoms with Crippen LogP contribution >= 0.6 is 0 Å². The van der Waals surface area contributed by atoms with Gasteiger partial charge in [0.25, 0.3) is 0 Å². The van der Waals surface area contributed by atoms with E-state index in [1.54, 1.807) is 0 Å². The molecule has 6 nitrogen and oxygen atoms in total. The Morgan fingerprint density at radius 2 is 1.25 bits per heavy atom. The van der Waals surface area contributed by atoms with Gasteiger partial charge in [0.1, 0.15) is 49.3 Å². The van der Waals surface area contributed by atoms with Gasteiger partial charge >= 0.3 is 0 Å². The lowest BCUT2D eigenvalue weighted by Crippen LogP contribution is -2.24. The summed E-state index contributed by atoms with van der Waals surface area (Å²) in [5, 5.41) is 0. The summed E-state index contributed by atoms with van der Waals surface area (Å²) in [6, 6.07) is 8.03. The first-order chi connectivity index (χ1) is 11.7. The van der Waals surface area contributed by atoms with Gasteiger partial charge in [0.05, 0.1) is 25.1 Å². The summed E-state index contributed by atoms with van der Waals surface area (Å²) in [5.74, 6) is 0. The monoisotopic (exact) mass is 320 g/mol. The van der Waals surface area contributed by atoms with E-state index in [4.69, 9.17) is 9.97 Å². The molecule has 0 atom stereocenters. The van der Waals surface area contributed by atoms with E-state index in [0.29, 0.717) is 13.1 Å². The number of aryl methyl sites for hydroxylation is 2. The summed E-state index contributed by atoms with van der Waals surface area (Å²) in [6.45, 7) is 1.42. The lowest BCUT2D eigenvalue weighted by atomic mass is 10.2. The standard InChI is InChI=1S/C18H20N6/c1-21-7-9-23(13-21)11-17-18(12-24-10-8-22(2)14-24)20-16-6-4-3-5-15(16)19-17/h3-10,13-14H,11-12H2,1-2H3/q+2. The van der Waals surface area contributed by atoms with Gasteiger partial charge in [-0.1, -0.05) is 12.1 Å². The van der Waals surface area contributed by atoms with Crippen molar-refractivity contribution in [3.05, 3.63) is 73.1 Å². The molecule has 0 bridgehead atoms. The predicted octanol–water partition coefficient (Wildman–Crippen LogP) is 0.978. The molecule has 0 spiro atoms. The summed E-state index contributed by atoms with van der Waals surface area (Å²) < 4.78 is 8.30. The van der Waals surface area contributed by atoms with Gasteiger partial charge < -0.3 is 0 Å². The highest BCUT2D eigenvalue weighted by Gasteiger charge is 2.15. The van der Waals surface area contributed by atoms with Crippen LogP contribution in [0.4, 0.5) is 0 Å². The first kappa shape index (κ1) is 14.6. The molecule has 0 amide bonds. The maximum Gasteiger partial charge on any atom is 0.243 e. The van der Waals surface area contributed by atoms with E-state index in [2.05, 4.69) is 34.2 Å². The fraction of sp³-hybridized carbons (Fsp3) is 0.222. The minimum Gasteiger partial charge on any atom is -0.245 e. The number of imidazole rings is 2. The smallest absolute Gasteiger partial charge is 0.243 e. The molecule has 4 rings (SSSR count). The third-order valence-corrected chi connectivity index (χ3v) is 4.04. The van der Waals surface area contributed by atoms with E-state index in [-0.39, 0.29) is 0 Å².